The number of nitrogens with zero attached hydrogens (tertiary/aromatic N) is 1. The fourth-order valence-electron chi connectivity index (χ4n) is 4.63. The van der Waals surface area contributed by atoms with Gasteiger partial charge in [0.1, 0.15) is 6.04 Å². The van der Waals surface area contributed by atoms with Gasteiger partial charge in [0.15, 0.2) is 0 Å². The highest BCUT2D eigenvalue weighted by atomic mass is 16.4. The second kappa shape index (κ2) is 10.4. The first-order valence-electron chi connectivity index (χ1n) is 11.2. The van der Waals surface area contributed by atoms with E-state index >= 15 is 0 Å². The van der Waals surface area contributed by atoms with Gasteiger partial charge in [0, 0.05) is 40.5 Å². The molecule has 1 aliphatic rings. The minimum absolute atomic E-state index is 0.481. The normalized spacial score (nSPS) is 16.0. The maximum atomic E-state index is 12.3. The van der Waals surface area contributed by atoms with Gasteiger partial charge >= 0.3 is 11.9 Å². The Morgan fingerprint density at radius 3 is 2.47 bits per heavy atom. The monoisotopic (exact) mass is 461 g/mol. The third-order valence-electron chi connectivity index (χ3n) is 6.27. The molecule has 1 saturated heterocycles. The Balaban J connectivity index is 1.46. The summed E-state index contributed by atoms with van der Waals surface area (Å²) in [6.45, 7) is 1.43. The predicted octanol–water partition coefficient (Wildman–Crippen LogP) is 3.83. The molecule has 1 unspecified atom stereocenters. The van der Waals surface area contributed by atoms with E-state index in [9.17, 15) is 19.5 Å². The van der Waals surface area contributed by atoms with Crippen molar-refractivity contribution in [1.29, 1.82) is 0 Å². The van der Waals surface area contributed by atoms with Crippen LogP contribution in [-0.4, -0.2) is 51.0 Å². The summed E-state index contributed by atoms with van der Waals surface area (Å²) in [5, 5.41) is 22.1. The van der Waals surface area contributed by atoms with Gasteiger partial charge in [0.2, 0.25) is 5.91 Å². The van der Waals surface area contributed by atoms with Gasteiger partial charge in [-0.2, -0.15) is 0 Å². The second-order valence-corrected chi connectivity index (χ2v) is 8.58. The zero-order chi connectivity index (χ0) is 24.1. The number of amides is 1. The molecule has 1 aliphatic heterocycles. The van der Waals surface area contributed by atoms with Gasteiger partial charge in [-0.15, -0.1) is 0 Å². The number of nitrogens with one attached hydrogen (secondary N) is 2. The third-order valence-corrected chi connectivity index (χ3v) is 6.27. The summed E-state index contributed by atoms with van der Waals surface area (Å²) >= 11 is 0. The highest BCUT2D eigenvalue weighted by Gasteiger charge is 2.32. The second-order valence-electron chi connectivity index (χ2n) is 8.58. The highest BCUT2D eigenvalue weighted by Crippen LogP contribution is 2.33. The molecular weight excluding hydrogens is 434 g/mol. The number of rotatable bonds is 8. The van der Waals surface area contributed by atoms with E-state index in [1.807, 2.05) is 23.1 Å². The number of piperidine rings is 1. The average Bonchev–Trinajstić information content (AvgIpc) is 3.22. The van der Waals surface area contributed by atoms with Crippen LogP contribution >= 0.6 is 0 Å². The number of hydrogen-bond donors (Lipinski definition) is 4. The lowest BCUT2D eigenvalue weighted by Crippen LogP contribution is -2.40. The largest absolute Gasteiger partial charge is 0.480 e. The van der Waals surface area contributed by atoms with Crippen molar-refractivity contribution in [3.63, 3.8) is 0 Å². The number of aliphatic carboxylic acids is 2. The van der Waals surface area contributed by atoms with E-state index in [0.29, 0.717) is 35.8 Å². The molecule has 8 heteroatoms. The minimum Gasteiger partial charge on any atom is -0.480 e. The molecule has 8 nitrogen and oxygen atoms in total. The van der Waals surface area contributed by atoms with Crippen LogP contribution in [0.1, 0.15) is 30.0 Å². The first-order chi connectivity index (χ1) is 16.4. The maximum Gasteiger partial charge on any atom is 0.328 e. The van der Waals surface area contributed by atoms with Crippen LogP contribution in [0.4, 0.5) is 5.69 Å². The molecule has 0 bridgehead atoms. The summed E-state index contributed by atoms with van der Waals surface area (Å²) in [7, 11) is 0. The number of carbonyl (C=O) groups excluding carboxylic acids is 1. The van der Waals surface area contributed by atoms with Gasteiger partial charge in [-0.05, 0) is 56.0 Å². The number of carbonyl (C=O) groups is 3. The quantitative estimate of drug-likeness (QED) is 0.378. The van der Waals surface area contributed by atoms with Crippen LogP contribution in [0.25, 0.3) is 10.9 Å². The molecule has 4 N–H and O–H groups in total. The number of H-pyrrole nitrogens is 1. The van der Waals surface area contributed by atoms with Crippen molar-refractivity contribution < 1.29 is 24.6 Å². The van der Waals surface area contributed by atoms with Crippen LogP contribution in [0.5, 0.6) is 0 Å². The number of aromatic nitrogens is 1. The maximum absolute atomic E-state index is 12.3. The Hall–Kier alpha value is -3.91. The van der Waals surface area contributed by atoms with Gasteiger partial charge in [-0.25, -0.2) is 4.79 Å². The smallest absolute Gasteiger partial charge is 0.328 e. The van der Waals surface area contributed by atoms with Gasteiger partial charge in [-0.3, -0.25) is 14.5 Å². The van der Waals surface area contributed by atoms with E-state index < -0.39 is 23.9 Å². The Morgan fingerprint density at radius 1 is 1.06 bits per heavy atom. The Kier molecular flexibility index (Phi) is 7.08. The summed E-state index contributed by atoms with van der Waals surface area (Å²) in [5.41, 5.74) is 3.18. The van der Waals surface area contributed by atoms with Crippen LogP contribution in [-0.2, 0) is 20.8 Å². The molecule has 0 spiro atoms. The van der Waals surface area contributed by atoms with E-state index in [-0.39, 0.29) is 0 Å². The Bertz CT molecular complexity index is 1210. The molecule has 0 aliphatic carbocycles. The molecule has 4 rings (SSSR count). The van der Waals surface area contributed by atoms with E-state index in [1.54, 1.807) is 24.4 Å². The van der Waals surface area contributed by atoms with Crippen LogP contribution in [0.2, 0.25) is 0 Å². The predicted molar refractivity (Wildman–Crippen MR) is 129 cm³/mol. The van der Waals surface area contributed by atoms with Crippen molar-refractivity contribution in [3.8, 4) is 0 Å². The molecule has 34 heavy (non-hydrogen) atoms. The van der Waals surface area contributed by atoms with E-state index in [0.717, 1.165) is 36.8 Å². The fourth-order valence-corrected chi connectivity index (χ4v) is 4.63. The van der Waals surface area contributed by atoms with E-state index in [1.165, 1.54) is 5.56 Å². The number of benzene rings is 2. The van der Waals surface area contributed by atoms with Crippen LogP contribution in [0.3, 0.4) is 0 Å². The fraction of sp³-hybridized carbons (Fsp3) is 0.269. The van der Waals surface area contributed by atoms with Crippen molar-refractivity contribution in [1.82, 2.24) is 9.88 Å². The Morgan fingerprint density at radius 2 is 1.79 bits per heavy atom. The summed E-state index contributed by atoms with van der Waals surface area (Å²) in [6.07, 6.45) is 6.32. The number of aromatic amines is 1. The summed E-state index contributed by atoms with van der Waals surface area (Å²) in [4.78, 5) is 39.8. The molecule has 1 fully saturated rings. The molecule has 0 saturated carbocycles. The number of likely N-dealkylation sites (tertiary alicyclic amines) is 1. The number of carboxylic acid groups (broad SMARTS) is 2. The molecular formula is C26H27N3O5. The minimum atomic E-state index is -1.21. The van der Waals surface area contributed by atoms with E-state index in [4.69, 9.17) is 5.11 Å². The molecule has 0 radical (unpaired) electrons. The van der Waals surface area contributed by atoms with Crippen molar-refractivity contribution >= 4 is 34.4 Å². The lowest BCUT2D eigenvalue weighted by Gasteiger charge is -2.35. The molecule has 176 valence electrons. The lowest BCUT2D eigenvalue weighted by atomic mass is 9.89. The summed E-state index contributed by atoms with van der Waals surface area (Å²) < 4.78 is 0. The molecule has 1 amide bonds. The molecule has 2 heterocycles. The zero-order valence-electron chi connectivity index (χ0n) is 18.6. The number of anilines is 1. The molecule has 2 aromatic carbocycles. The summed E-state index contributed by atoms with van der Waals surface area (Å²) in [5.74, 6) is -2.12. The summed E-state index contributed by atoms with van der Waals surface area (Å²) in [6, 6.07) is 14.8. The van der Waals surface area contributed by atoms with Gasteiger partial charge in [0.25, 0.3) is 0 Å². The lowest BCUT2D eigenvalue weighted by molar-refractivity contribution is -0.144. The first kappa shape index (κ1) is 23.3. The topological polar surface area (TPSA) is 123 Å². The van der Waals surface area contributed by atoms with Crippen molar-refractivity contribution in [2.24, 2.45) is 5.92 Å². The van der Waals surface area contributed by atoms with Crippen molar-refractivity contribution in [2.75, 3.05) is 18.4 Å². The van der Waals surface area contributed by atoms with Crippen molar-refractivity contribution in [2.45, 2.75) is 25.3 Å². The van der Waals surface area contributed by atoms with Crippen LogP contribution in [0, 0.1) is 5.92 Å². The van der Waals surface area contributed by atoms with Crippen LogP contribution < -0.4 is 5.32 Å². The average molecular weight is 462 g/mol. The number of carboxylic acids is 2. The molecule has 1 atom stereocenters. The SMILES string of the molecule is O=C(O)/C=C/C(=O)Nc1ccc2c(C(C(=O)O)N3CCC(Cc4ccccc4)CC3)c[nH]c2c1. The van der Waals surface area contributed by atoms with Crippen molar-refractivity contribution in [3.05, 3.63) is 78.0 Å². The van der Waals surface area contributed by atoms with Crippen LogP contribution in [0.15, 0.2) is 66.9 Å². The van der Waals surface area contributed by atoms with Gasteiger partial charge in [0.05, 0.1) is 0 Å². The van der Waals surface area contributed by atoms with Gasteiger partial charge < -0.3 is 20.5 Å². The standard InChI is InChI=1S/C26H27N3O5/c30-23(8-9-24(31)32)28-19-6-7-20-21(16-27-22(20)15-19)25(26(33)34)29-12-10-18(11-13-29)14-17-4-2-1-3-5-17/h1-9,15-16,18,25,27H,10-14H2,(H,28,30)(H,31,32)(H,33,34)/b9-8+. The Labute approximate surface area is 196 Å². The molecule has 1 aromatic heterocycles. The van der Waals surface area contributed by atoms with E-state index in [2.05, 4.69) is 22.4 Å². The number of fused-ring (bicyclic) bond motifs is 1. The molecule has 3 aromatic rings. The number of hydrogen-bond acceptors (Lipinski definition) is 4. The zero-order valence-corrected chi connectivity index (χ0v) is 18.6. The first-order valence-corrected chi connectivity index (χ1v) is 11.2. The highest BCUT2D eigenvalue weighted by molar-refractivity contribution is 6.03. The van der Waals surface area contributed by atoms with Gasteiger partial charge in [-0.1, -0.05) is 36.4 Å². The third kappa shape index (κ3) is 5.52.